The van der Waals surface area contributed by atoms with Crippen LogP contribution in [-0.4, -0.2) is 18.4 Å². The second kappa shape index (κ2) is 4.83. The monoisotopic (exact) mass is 228 g/mol. The number of esters is 1. The van der Waals surface area contributed by atoms with Crippen molar-refractivity contribution in [3.8, 4) is 0 Å². The highest BCUT2D eigenvalue weighted by Gasteiger charge is 2.22. The summed E-state index contributed by atoms with van der Waals surface area (Å²) in [5.41, 5.74) is -0.379. The molecule has 1 aromatic carbocycles. The quantitative estimate of drug-likeness (QED) is 0.451. The third-order valence-electron chi connectivity index (χ3n) is 2.01. The molecular weight excluding hydrogens is 218 g/mol. The van der Waals surface area contributed by atoms with Crippen molar-refractivity contribution in [2.45, 2.75) is 13.8 Å². The van der Waals surface area contributed by atoms with Crippen molar-refractivity contribution in [1.82, 2.24) is 0 Å². The fourth-order valence-corrected chi connectivity index (χ4v) is 1.19. The van der Waals surface area contributed by atoms with Gasteiger partial charge in [0.05, 0.1) is 6.61 Å². The first kappa shape index (κ1) is 12.3. The first-order valence-electron chi connectivity index (χ1n) is 4.64. The standard InChI is InChI=1S/C11H10F2O3/c1-3-16-11(15)10(14)8-4-7(12)5-9(13)6(8)2/h4-5H,3H2,1-2H3. The Morgan fingerprint density at radius 2 is 1.94 bits per heavy atom. The normalized spacial score (nSPS) is 10.0. The van der Waals surface area contributed by atoms with E-state index >= 15 is 0 Å². The predicted octanol–water partition coefficient (Wildman–Crippen LogP) is 2.02. The van der Waals surface area contributed by atoms with E-state index < -0.39 is 23.4 Å². The number of hydrogen-bond acceptors (Lipinski definition) is 3. The predicted molar refractivity (Wildman–Crippen MR) is 52.1 cm³/mol. The van der Waals surface area contributed by atoms with E-state index in [1.807, 2.05) is 0 Å². The first-order chi connectivity index (χ1) is 7.47. The van der Waals surface area contributed by atoms with Crippen molar-refractivity contribution in [2.24, 2.45) is 0 Å². The highest BCUT2D eigenvalue weighted by atomic mass is 19.1. The van der Waals surface area contributed by atoms with E-state index in [4.69, 9.17) is 0 Å². The molecule has 86 valence electrons. The maximum Gasteiger partial charge on any atom is 0.379 e. The SMILES string of the molecule is CCOC(=O)C(=O)c1cc(F)cc(F)c1C. The lowest BCUT2D eigenvalue weighted by Gasteiger charge is -2.05. The maximum absolute atomic E-state index is 13.1. The second-order valence-corrected chi connectivity index (χ2v) is 3.11. The van der Waals surface area contributed by atoms with Crippen LogP contribution in [0.15, 0.2) is 12.1 Å². The second-order valence-electron chi connectivity index (χ2n) is 3.11. The van der Waals surface area contributed by atoms with Crippen molar-refractivity contribution in [3.05, 3.63) is 34.9 Å². The highest BCUT2D eigenvalue weighted by molar-refractivity contribution is 6.41. The number of ether oxygens (including phenoxy) is 1. The molecule has 0 radical (unpaired) electrons. The molecule has 0 amide bonds. The summed E-state index contributed by atoms with van der Waals surface area (Å²) in [6.45, 7) is 2.85. The fraction of sp³-hybridized carbons (Fsp3) is 0.273. The average molecular weight is 228 g/mol. The zero-order valence-corrected chi connectivity index (χ0v) is 8.84. The smallest absolute Gasteiger partial charge is 0.379 e. The number of hydrogen-bond donors (Lipinski definition) is 0. The van der Waals surface area contributed by atoms with Gasteiger partial charge in [-0.1, -0.05) is 0 Å². The summed E-state index contributed by atoms with van der Waals surface area (Å²) in [5.74, 6) is -3.93. The summed E-state index contributed by atoms with van der Waals surface area (Å²) in [7, 11) is 0. The summed E-state index contributed by atoms with van der Waals surface area (Å²) in [6, 6.07) is 1.47. The first-order valence-corrected chi connectivity index (χ1v) is 4.64. The van der Waals surface area contributed by atoms with E-state index in [0.717, 1.165) is 6.07 Å². The minimum Gasteiger partial charge on any atom is -0.460 e. The molecule has 0 spiro atoms. The van der Waals surface area contributed by atoms with Crippen LogP contribution in [0.4, 0.5) is 8.78 Å². The summed E-state index contributed by atoms with van der Waals surface area (Å²) in [5, 5.41) is 0. The molecule has 0 heterocycles. The summed E-state index contributed by atoms with van der Waals surface area (Å²) >= 11 is 0. The number of benzene rings is 1. The number of carbonyl (C=O) groups is 2. The fourth-order valence-electron chi connectivity index (χ4n) is 1.19. The Hall–Kier alpha value is -1.78. The number of ketones is 1. The molecule has 0 aliphatic rings. The topological polar surface area (TPSA) is 43.4 Å². The van der Waals surface area contributed by atoms with Gasteiger partial charge in [-0.15, -0.1) is 0 Å². The van der Waals surface area contributed by atoms with Crippen LogP contribution in [0.25, 0.3) is 0 Å². The molecule has 0 saturated carbocycles. The van der Waals surface area contributed by atoms with Gasteiger partial charge in [0.25, 0.3) is 5.78 Å². The minimum atomic E-state index is -1.12. The van der Waals surface area contributed by atoms with Gasteiger partial charge in [0.15, 0.2) is 0 Å². The highest BCUT2D eigenvalue weighted by Crippen LogP contribution is 2.16. The number of carbonyl (C=O) groups excluding carboxylic acids is 2. The molecule has 3 nitrogen and oxygen atoms in total. The Bertz CT molecular complexity index is 441. The Labute approximate surface area is 91.0 Å². The molecule has 16 heavy (non-hydrogen) atoms. The summed E-state index contributed by atoms with van der Waals surface area (Å²) < 4.78 is 30.4. The molecule has 1 rings (SSSR count). The van der Waals surface area contributed by atoms with Gasteiger partial charge in [-0.3, -0.25) is 4.79 Å². The third-order valence-corrected chi connectivity index (χ3v) is 2.01. The molecule has 0 N–H and O–H groups in total. The van der Waals surface area contributed by atoms with Gasteiger partial charge in [-0.05, 0) is 25.5 Å². The van der Waals surface area contributed by atoms with Crippen molar-refractivity contribution in [2.75, 3.05) is 6.61 Å². The molecule has 0 unspecified atom stereocenters. The van der Waals surface area contributed by atoms with E-state index in [-0.39, 0.29) is 17.7 Å². The van der Waals surface area contributed by atoms with Gasteiger partial charge in [0, 0.05) is 11.6 Å². The van der Waals surface area contributed by atoms with Crippen molar-refractivity contribution in [3.63, 3.8) is 0 Å². The molecule has 1 aromatic rings. The van der Waals surface area contributed by atoms with Crippen LogP contribution in [0.1, 0.15) is 22.8 Å². The third kappa shape index (κ3) is 2.42. The van der Waals surface area contributed by atoms with E-state index in [9.17, 15) is 18.4 Å². The number of Topliss-reactive ketones (excluding diaryl/α,β-unsaturated/α-hetero) is 1. The lowest BCUT2D eigenvalue weighted by atomic mass is 10.0. The molecule has 0 atom stereocenters. The average Bonchev–Trinajstić information content (AvgIpc) is 2.22. The van der Waals surface area contributed by atoms with Gasteiger partial charge in [0.2, 0.25) is 0 Å². The molecule has 0 fully saturated rings. The van der Waals surface area contributed by atoms with Crippen LogP contribution in [-0.2, 0) is 9.53 Å². The van der Waals surface area contributed by atoms with Gasteiger partial charge in [-0.2, -0.15) is 0 Å². The maximum atomic E-state index is 13.1. The van der Waals surface area contributed by atoms with Crippen LogP contribution < -0.4 is 0 Å². The molecule has 5 heteroatoms. The van der Waals surface area contributed by atoms with Crippen molar-refractivity contribution in [1.29, 1.82) is 0 Å². The molecule has 0 aliphatic carbocycles. The Morgan fingerprint density at radius 1 is 1.31 bits per heavy atom. The van der Waals surface area contributed by atoms with Gasteiger partial charge in [-0.25, -0.2) is 13.6 Å². The van der Waals surface area contributed by atoms with E-state index in [1.54, 1.807) is 0 Å². The zero-order valence-electron chi connectivity index (χ0n) is 8.84. The zero-order chi connectivity index (χ0) is 12.3. The van der Waals surface area contributed by atoms with Crippen molar-refractivity contribution >= 4 is 11.8 Å². The summed E-state index contributed by atoms with van der Waals surface area (Å²) in [4.78, 5) is 22.6. The van der Waals surface area contributed by atoms with Gasteiger partial charge >= 0.3 is 5.97 Å². The Balaban J connectivity index is 3.13. The lowest BCUT2D eigenvalue weighted by molar-refractivity contribution is -0.137. The van der Waals surface area contributed by atoms with Gasteiger partial charge < -0.3 is 4.74 Å². The molecule has 0 bridgehead atoms. The van der Waals surface area contributed by atoms with Crippen molar-refractivity contribution < 1.29 is 23.1 Å². The molecular formula is C11H10F2O3. The van der Waals surface area contributed by atoms with E-state index in [1.165, 1.54) is 13.8 Å². The number of halogens is 2. The van der Waals surface area contributed by atoms with Crippen LogP contribution in [0.3, 0.4) is 0 Å². The van der Waals surface area contributed by atoms with Crippen LogP contribution in [0.2, 0.25) is 0 Å². The molecule has 0 saturated heterocycles. The van der Waals surface area contributed by atoms with Crippen LogP contribution >= 0.6 is 0 Å². The molecule has 0 aliphatic heterocycles. The minimum absolute atomic E-state index is 0.0292. The van der Waals surface area contributed by atoms with Gasteiger partial charge in [0.1, 0.15) is 11.6 Å². The van der Waals surface area contributed by atoms with E-state index in [2.05, 4.69) is 4.74 Å². The van der Waals surface area contributed by atoms with Crippen LogP contribution in [0.5, 0.6) is 0 Å². The number of rotatable bonds is 3. The molecule has 0 aromatic heterocycles. The Morgan fingerprint density at radius 3 is 2.50 bits per heavy atom. The Kier molecular flexibility index (Phi) is 3.71. The van der Waals surface area contributed by atoms with E-state index in [0.29, 0.717) is 6.07 Å². The van der Waals surface area contributed by atoms with Crippen LogP contribution in [0, 0.1) is 18.6 Å². The lowest BCUT2D eigenvalue weighted by Crippen LogP contribution is -2.19. The largest absolute Gasteiger partial charge is 0.460 e. The summed E-state index contributed by atoms with van der Waals surface area (Å²) in [6.07, 6.45) is 0.